The van der Waals surface area contributed by atoms with Gasteiger partial charge in [0.25, 0.3) is 0 Å². The van der Waals surface area contributed by atoms with Crippen molar-refractivity contribution < 1.29 is 0 Å². The van der Waals surface area contributed by atoms with E-state index in [2.05, 4.69) is 63.8 Å². The number of thiocarbonyl (C=S) groups is 1. The number of nitrogens with one attached hydrogen (secondary N) is 2. The van der Waals surface area contributed by atoms with E-state index in [0.717, 1.165) is 18.1 Å². The Kier molecular flexibility index (Phi) is 3.01. The molecule has 1 aliphatic heterocycles. The number of hydrogen-bond acceptors (Lipinski definition) is 2. The smallest absolute Gasteiger partial charge is 0.193 e. The zero-order chi connectivity index (χ0) is 15.1. The van der Waals surface area contributed by atoms with Gasteiger partial charge >= 0.3 is 0 Å². The molecule has 2 aromatic carbocycles. The largest absolute Gasteiger partial charge is 0.321 e. The summed E-state index contributed by atoms with van der Waals surface area (Å²) in [5, 5.41) is 7.04. The summed E-state index contributed by atoms with van der Waals surface area (Å²) in [6, 6.07) is 18.9. The van der Waals surface area contributed by atoms with Crippen molar-refractivity contribution in [1.29, 1.82) is 0 Å². The first-order valence-corrected chi connectivity index (χ1v) is 7.61. The molecule has 1 aliphatic rings. The van der Waals surface area contributed by atoms with Crippen molar-refractivity contribution in [2.24, 2.45) is 0 Å². The van der Waals surface area contributed by atoms with Crippen molar-refractivity contribution in [1.82, 2.24) is 9.58 Å². The molecular formula is C17H16N4S. The van der Waals surface area contributed by atoms with E-state index in [0.29, 0.717) is 5.11 Å². The molecule has 0 unspecified atom stereocenters. The maximum atomic E-state index is 5.37. The summed E-state index contributed by atoms with van der Waals surface area (Å²) in [7, 11) is 1.92. The first-order chi connectivity index (χ1) is 10.7. The van der Waals surface area contributed by atoms with Crippen molar-refractivity contribution >= 4 is 39.7 Å². The number of hydrazine groups is 1. The number of aromatic nitrogens is 1. The van der Waals surface area contributed by atoms with Crippen LogP contribution >= 0.6 is 12.2 Å². The van der Waals surface area contributed by atoms with Crippen LogP contribution in [0.5, 0.6) is 0 Å². The van der Waals surface area contributed by atoms with Gasteiger partial charge in [0.1, 0.15) is 11.5 Å². The van der Waals surface area contributed by atoms with Gasteiger partial charge in [0.15, 0.2) is 5.11 Å². The highest BCUT2D eigenvalue weighted by molar-refractivity contribution is 7.80. The third kappa shape index (κ3) is 2.02. The van der Waals surface area contributed by atoms with Gasteiger partial charge in [-0.2, -0.15) is 0 Å². The molecule has 0 saturated heterocycles. The van der Waals surface area contributed by atoms with Crippen molar-refractivity contribution in [3.05, 3.63) is 60.2 Å². The van der Waals surface area contributed by atoms with Gasteiger partial charge in [-0.25, -0.2) is 0 Å². The summed E-state index contributed by atoms with van der Waals surface area (Å²) in [4.78, 5) is 0. The molecule has 110 valence electrons. The topological polar surface area (TPSA) is 32.2 Å². The molecule has 0 amide bonds. The van der Waals surface area contributed by atoms with Gasteiger partial charge in [-0.15, -0.1) is 0 Å². The molecule has 0 aliphatic carbocycles. The van der Waals surface area contributed by atoms with Crippen LogP contribution in [0.3, 0.4) is 0 Å². The van der Waals surface area contributed by atoms with Crippen LogP contribution in [0.1, 0.15) is 5.56 Å². The molecule has 0 atom stereocenters. The monoisotopic (exact) mass is 308 g/mol. The Morgan fingerprint density at radius 2 is 1.73 bits per heavy atom. The van der Waals surface area contributed by atoms with E-state index in [4.69, 9.17) is 12.2 Å². The number of hydrogen-bond donors (Lipinski definition) is 2. The summed E-state index contributed by atoms with van der Waals surface area (Å²) < 4.78 is 2.27. The number of fused-ring (bicyclic) bond motifs is 3. The molecule has 5 heteroatoms. The SMILES string of the molecule is CN1Nc2c(n(Cc3ccccc3)c3ccccc23)NC1=S. The quantitative estimate of drug-likeness (QED) is 0.708. The lowest BCUT2D eigenvalue weighted by Crippen LogP contribution is -2.40. The van der Waals surface area contributed by atoms with Crippen LogP contribution < -0.4 is 10.7 Å². The van der Waals surface area contributed by atoms with E-state index in [-0.39, 0.29) is 0 Å². The Hall–Kier alpha value is -2.53. The highest BCUT2D eigenvalue weighted by Gasteiger charge is 2.24. The minimum Gasteiger partial charge on any atom is -0.321 e. The van der Waals surface area contributed by atoms with Gasteiger partial charge in [-0.3, -0.25) is 10.4 Å². The van der Waals surface area contributed by atoms with Crippen molar-refractivity contribution in [3.8, 4) is 0 Å². The van der Waals surface area contributed by atoms with Crippen LogP contribution in [0.25, 0.3) is 10.9 Å². The van der Waals surface area contributed by atoms with Gasteiger partial charge in [0, 0.05) is 19.0 Å². The Morgan fingerprint density at radius 3 is 2.55 bits per heavy atom. The Bertz CT molecular complexity index is 854. The number of para-hydroxylation sites is 1. The first kappa shape index (κ1) is 13.2. The Labute approximate surface area is 134 Å². The molecule has 4 rings (SSSR count). The maximum Gasteiger partial charge on any atom is 0.193 e. The van der Waals surface area contributed by atoms with Crippen LogP contribution in [-0.4, -0.2) is 21.7 Å². The average Bonchev–Trinajstić information content (AvgIpc) is 2.83. The molecule has 2 N–H and O–H groups in total. The summed E-state index contributed by atoms with van der Waals surface area (Å²) in [5.74, 6) is 1.02. The fourth-order valence-corrected chi connectivity index (χ4v) is 3.02. The molecule has 1 aromatic heterocycles. The Balaban J connectivity index is 1.90. The lowest BCUT2D eigenvalue weighted by molar-refractivity contribution is 0.611. The summed E-state index contributed by atoms with van der Waals surface area (Å²) in [6.45, 7) is 0.803. The van der Waals surface area contributed by atoms with Crippen molar-refractivity contribution in [2.45, 2.75) is 6.54 Å². The second-order valence-electron chi connectivity index (χ2n) is 5.41. The standard InChI is InChI=1S/C17H16N4S/c1-20-17(22)18-16-15(19-20)13-9-5-6-10-14(13)21(16)11-12-7-3-2-4-8-12/h2-10,19H,11H2,1H3,(H,18,22). The molecule has 0 saturated carbocycles. The van der Waals surface area contributed by atoms with Crippen LogP contribution in [-0.2, 0) is 6.54 Å². The van der Waals surface area contributed by atoms with E-state index in [1.165, 1.54) is 16.5 Å². The fraction of sp³-hybridized carbons (Fsp3) is 0.118. The third-order valence-electron chi connectivity index (χ3n) is 3.96. The normalized spacial score (nSPS) is 13.7. The van der Waals surface area contributed by atoms with Crippen LogP contribution in [0.15, 0.2) is 54.6 Å². The first-order valence-electron chi connectivity index (χ1n) is 7.20. The molecule has 0 spiro atoms. The predicted molar refractivity (Wildman–Crippen MR) is 95.1 cm³/mol. The van der Waals surface area contributed by atoms with E-state index in [9.17, 15) is 0 Å². The van der Waals surface area contributed by atoms with E-state index in [1.807, 2.05) is 18.1 Å². The molecule has 4 nitrogen and oxygen atoms in total. The predicted octanol–water partition coefficient (Wildman–Crippen LogP) is 3.66. The number of benzene rings is 2. The Morgan fingerprint density at radius 1 is 1.00 bits per heavy atom. The maximum absolute atomic E-state index is 5.37. The van der Waals surface area contributed by atoms with Crippen molar-refractivity contribution in [2.75, 3.05) is 17.8 Å². The van der Waals surface area contributed by atoms with Gasteiger partial charge in [0.05, 0.1) is 5.52 Å². The van der Waals surface area contributed by atoms with Gasteiger partial charge < -0.3 is 9.88 Å². The van der Waals surface area contributed by atoms with Gasteiger partial charge in [0.2, 0.25) is 0 Å². The summed E-state index contributed by atoms with van der Waals surface area (Å²) in [5.41, 5.74) is 6.89. The molecule has 0 fully saturated rings. The summed E-state index contributed by atoms with van der Waals surface area (Å²) >= 11 is 5.37. The fourth-order valence-electron chi connectivity index (χ4n) is 2.88. The van der Waals surface area contributed by atoms with E-state index >= 15 is 0 Å². The highest BCUT2D eigenvalue weighted by atomic mass is 32.1. The number of nitrogens with zero attached hydrogens (tertiary/aromatic N) is 2. The van der Waals surface area contributed by atoms with Crippen molar-refractivity contribution in [3.63, 3.8) is 0 Å². The minimum atomic E-state index is 0.671. The zero-order valence-corrected chi connectivity index (χ0v) is 13.0. The van der Waals surface area contributed by atoms with Gasteiger partial charge in [-0.05, 0) is 23.8 Å². The molecule has 3 aromatic rings. The number of anilines is 2. The third-order valence-corrected chi connectivity index (χ3v) is 4.34. The lowest BCUT2D eigenvalue weighted by atomic mass is 10.2. The summed E-state index contributed by atoms with van der Waals surface area (Å²) in [6.07, 6.45) is 0. The molecule has 0 radical (unpaired) electrons. The van der Waals surface area contributed by atoms with Crippen LogP contribution in [0.4, 0.5) is 11.5 Å². The van der Waals surface area contributed by atoms with Crippen LogP contribution in [0, 0.1) is 0 Å². The van der Waals surface area contributed by atoms with Crippen LogP contribution in [0.2, 0.25) is 0 Å². The minimum absolute atomic E-state index is 0.671. The second-order valence-corrected chi connectivity index (χ2v) is 5.80. The van der Waals surface area contributed by atoms with Gasteiger partial charge in [-0.1, -0.05) is 48.5 Å². The lowest BCUT2D eigenvalue weighted by Gasteiger charge is -2.29. The molecule has 0 bridgehead atoms. The number of rotatable bonds is 2. The highest BCUT2D eigenvalue weighted by Crippen LogP contribution is 2.38. The molecule has 22 heavy (non-hydrogen) atoms. The van der Waals surface area contributed by atoms with E-state index in [1.54, 1.807) is 0 Å². The molecule has 2 heterocycles. The second kappa shape index (κ2) is 5.03. The average molecular weight is 308 g/mol. The molecular weight excluding hydrogens is 292 g/mol. The zero-order valence-electron chi connectivity index (χ0n) is 12.2. The van der Waals surface area contributed by atoms with E-state index < -0.39 is 0 Å².